The Morgan fingerprint density at radius 1 is 0.920 bits per heavy atom. The minimum atomic E-state index is -0.830. The maximum absolute atomic E-state index is 12.2. The van der Waals surface area contributed by atoms with Gasteiger partial charge >= 0.3 is 5.97 Å². The first kappa shape index (κ1) is 18.6. The van der Waals surface area contributed by atoms with Crippen LogP contribution in [0.2, 0.25) is 0 Å². The summed E-state index contributed by atoms with van der Waals surface area (Å²) in [4.78, 5) is 12.2. The Kier molecular flexibility index (Phi) is 6.65. The van der Waals surface area contributed by atoms with Crippen LogP contribution >= 0.6 is 0 Å². The van der Waals surface area contributed by atoms with Crippen LogP contribution in [0.3, 0.4) is 0 Å². The Labute approximate surface area is 147 Å². The van der Waals surface area contributed by atoms with E-state index in [-0.39, 0.29) is 0 Å². The van der Waals surface area contributed by atoms with Gasteiger partial charge in [0.25, 0.3) is 0 Å². The fourth-order valence-electron chi connectivity index (χ4n) is 2.56. The van der Waals surface area contributed by atoms with E-state index >= 15 is 0 Å². The number of hydrogen-bond donors (Lipinski definition) is 1. The third kappa shape index (κ3) is 4.42. The second-order valence-corrected chi connectivity index (χ2v) is 5.27. The van der Waals surface area contributed by atoms with Crippen LogP contribution in [0.1, 0.15) is 11.6 Å². The topological polar surface area (TPSA) is 66.0 Å². The molecule has 2 aromatic rings. The molecule has 0 aliphatic rings. The number of benzene rings is 2. The number of rotatable bonds is 8. The van der Waals surface area contributed by atoms with Gasteiger partial charge in [0.05, 0.1) is 33.1 Å². The van der Waals surface area contributed by atoms with Gasteiger partial charge in [0.1, 0.15) is 11.5 Å². The summed E-state index contributed by atoms with van der Waals surface area (Å²) in [5.41, 5.74) is 1.60. The lowest BCUT2D eigenvalue weighted by molar-refractivity contribution is -0.153. The zero-order chi connectivity index (χ0) is 18.2. The molecule has 2 aromatic carbocycles. The summed E-state index contributed by atoms with van der Waals surface area (Å²) in [6.45, 7) is 0. The highest BCUT2D eigenvalue weighted by atomic mass is 16.6. The van der Waals surface area contributed by atoms with E-state index < -0.39 is 18.1 Å². The molecule has 0 aliphatic carbocycles. The van der Waals surface area contributed by atoms with Crippen LogP contribution < -0.4 is 14.8 Å². The number of carbonyl (C=O) groups excluding carboxylic acids is 1. The lowest BCUT2D eigenvalue weighted by Crippen LogP contribution is -2.35. The number of hydrogen-bond acceptors (Lipinski definition) is 6. The summed E-state index contributed by atoms with van der Waals surface area (Å²) in [5, 5.41) is 3.33. The maximum atomic E-state index is 12.2. The van der Waals surface area contributed by atoms with Crippen molar-refractivity contribution in [3.8, 4) is 11.5 Å². The van der Waals surface area contributed by atoms with Gasteiger partial charge in [-0.05, 0) is 29.8 Å². The Morgan fingerprint density at radius 2 is 1.60 bits per heavy atom. The van der Waals surface area contributed by atoms with Crippen LogP contribution in [0.25, 0.3) is 0 Å². The second kappa shape index (κ2) is 8.94. The number of methoxy groups -OCH3 is 4. The summed E-state index contributed by atoms with van der Waals surface area (Å²) in [5.74, 6) is 0.929. The Morgan fingerprint density at radius 3 is 2.16 bits per heavy atom. The summed E-state index contributed by atoms with van der Waals surface area (Å²) >= 11 is 0. The van der Waals surface area contributed by atoms with E-state index in [9.17, 15) is 4.79 Å². The third-order valence-corrected chi connectivity index (χ3v) is 3.88. The molecule has 0 bridgehead atoms. The molecule has 6 heteroatoms. The third-order valence-electron chi connectivity index (χ3n) is 3.88. The van der Waals surface area contributed by atoms with Gasteiger partial charge < -0.3 is 24.3 Å². The zero-order valence-electron chi connectivity index (χ0n) is 14.8. The molecule has 0 unspecified atom stereocenters. The van der Waals surface area contributed by atoms with E-state index in [0.29, 0.717) is 5.75 Å². The predicted octanol–water partition coefficient (Wildman–Crippen LogP) is 3.05. The van der Waals surface area contributed by atoms with E-state index in [1.54, 1.807) is 14.2 Å². The normalized spacial score (nSPS) is 12.8. The molecule has 134 valence electrons. The molecule has 2 atom stereocenters. The number of esters is 1. The van der Waals surface area contributed by atoms with Gasteiger partial charge in [-0.2, -0.15) is 0 Å². The van der Waals surface area contributed by atoms with Crippen molar-refractivity contribution in [1.29, 1.82) is 0 Å². The standard InChI is InChI=1S/C19H23NO5/c1-22-14-11-9-13(10-12-14)17(18(24-3)19(21)25-4)20-15-7-5-6-8-16(15)23-2/h5-12,17-18,20H,1-4H3/t17-,18+/m1/s1. The van der Waals surface area contributed by atoms with E-state index in [4.69, 9.17) is 18.9 Å². The lowest BCUT2D eigenvalue weighted by Gasteiger charge is -2.27. The average Bonchev–Trinajstić information content (AvgIpc) is 2.67. The van der Waals surface area contributed by atoms with Crippen LogP contribution in [0.5, 0.6) is 11.5 Å². The first-order chi connectivity index (χ1) is 12.1. The van der Waals surface area contributed by atoms with Crippen molar-refractivity contribution in [1.82, 2.24) is 0 Å². The van der Waals surface area contributed by atoms with Crippen molar-refractivity contribution < 1.29 is 23.7 Å². The SMILES string of the molecule is COC(=O)[C@@H](OC)[C@H](Nc1ccccc1OC)c1ccc(OC)cc1. The minimum absolute atomic E-state index is 0.467. The first-order valence-corrected chi connectivity index (χ1v) is 7.78. The Bertz CT molecular complexity index is 686. The summed E-state index contributed by atoms with van der Waals surface area (Å²) in [7, 11) is 6.01. The lowest BCUT2D eigenvalue weighted by atomic mass is 10.00. The largest absolute Gasteiger partial charge is 0.497 e. The van der Waals surface area contributed by atoms with Gasteiger partial charge in [0.15, 0.2) is 6.10 Å². The molecule has 25 heavy (non-hydrogen) atoms. The average molecular weight is 345 g/mol. The Hall–Kier alpha value is -2.73. The van der Waals surface area contributed by atoms with Crippen LogP contribution in [0.4, 0.5) is 5.69 Å². The van der Waals surface area contributed by atoms with Gasteiger partial charge in [-0.3, -0.25) is 0 Å². The van der Waals surface area contributed by atoms with Crippen molar-refractivity contribution in [2.75, 3.05) is 33.8 Å². The fraction of sp³-hybridized carbons (Fsp3) is 0.316. The molecule has 0 aliphatic heterocycles. The van der Waals surface area contributed by atoms with E-state index in [1.807, 2.05) is 48.5 Å². The number of ether oxygens (including phenoxy) is 4. The Balaban J connectivity index is 2.41. The van der Waals surface area contributed by atoms with Crippen LogP contribution in [-0.4, -0.2) is 40.5 Å². The fourth-order valence-corrected chi connectivity index (χ4v) is 2.56. The molecule has 1 N–H and O–H groups in total. The molecule has 0 radical (unpaired) electrons. The number of nitrogens with one attached hydrogen (secondary N) is 1. The van der Waals surface area contributed by atoms with Gasteiger partial charge in [0.2, 0.25) is 0 Å². The van der Waals surface area contributed by atoms with Crippen LogP contribution in [-0.2, 0) is 14.3 Å². The maximum Gasteiger partial charge on any atom is 0.337 e. The molecule has 0 saturated heterocycles. The molecule has 2 rings (SSSR count). The smallest absolute Gasteiger partial charge is 0.337 e. The first-order valence-electron chi connectivity index (χ1n) is 7.78. The monoisotopic (exact) mass is 345 g/mol. The van der Waals surface area contributed by atoms with Crippen molar-refractivity contribution in [2.45, 2.75) is 12.1 Å². The highest BCUT2D eigenvalue weighted by molar-refractivity contribution is 5.77. The zero-order valence-corrected chi connectivity index (χ0v) is 14.8. The molecule has 0 fully saturated rings. The van der Waals surface area contributed by atoms with Gasteiger partial charge in [-0.15, -0.1) is 0 Å². The molecule has 0 amide bonds. The van der Waals surface area contributed by atoms with E-state index in [2.05, 4.69) is 5.32 Å². The van der Waals surface area contributed by atoms with Crippen molar-refractivity contribution in [2.24, 2.45) is 0 Å². The molecule has 0 heterocycles. The molecule has 0 aromatic heterocycles. The van der Waals surface area contributed by atoms with Crippen molar-refractivity contribution >= 4 is 11.7 Å². The van der Waals surface area contributed by atoms with Gasteiger partial charge in [-0.1, -0.05) is 24.3 Å². The second-order valence-electron chi connectivity index (χ2n) is 5.27. The van der Waals surface area contributed by atoms with Crippen molar-refractivity contribution in [3.63, 3.8) is 0 Å². The molecule has 0 saturated carbocycles. The number of anilines is 1. The summed E-state index contributed by atoms with van der Waals surface area (Å²) in [6, 6.07) is 14.4. The van der Waals surface area contributed by atoms with Crippen LogP contribution in [0.15, 0.2) is 48.5 Å². The highest BCUT2D eigenvalue weighted by Gasteiger charge is 2.31. The molecule has 0 spiro atoms. The van der Waals surface area contributed by atoms with E-state index in [0.717, 1.165) is 17.0 Å². The molecular formula is C19H23NO5. The number of para-hydroxylation sites is 2. The van der Waals surface area contributed by atoms with Crippen LogP contribution in [0, 0.1) is 0 Å². The summed E-state index contributed by atoms with van der Waals surface area (Å²) in [6.07, 6.45) is -0.830. The quantitative estimate of drug-likeness (QED) is 0.742. The van der Waals surface area contributed by atoms with Gasteiger partial charge in [0, 0.05) is 7.11 Å². The minimum Gasteiger partial charge on any atom is -0.497 e. The molecule has 6 nitrogen and oxygen atoms in total. The summed E-state index contributed by atoms with van der Waals surface area (Å²) < 4.78 is 20.9. The predicted molar refractivity (Wildman–Crippen MR) is 95.2 cm³/mol. The number of carbonyl (C=O) groups is 1. The van der Waals surface area contributed by atoms with Gasteiger partial charge in [-0.25, -0.2) is 4.79 Å². The van der Waals surface area contributed by atoms with E-state index in [1.165, 1.54) is 14.2 Å². The molecular weight excluding hydrogens is 322 g/mol. The highest BCUT2D eigenvalue weighted by Crippen LogP contribution is 2.31. The van der Waals surface area contributed by atoms with Crippen molar-refractivity contribution in [3.05, 3.63) is 54.1 Å².